The quantitative estimate of drug-likeness (QED) is 0.800. The molecule has 72 valence electrons. The molecule has 0 saturated heterocycles. The molecular weight excluding hydrogens is 229 g/mol. The van der Waals surface area contributed by atoms with Crippen LogP contribution in [0.15, 0.2) is 52.4 Å². The van der Waals surface area contributed by atoms with Crippen LogP contribution in [0.2, 0.25) is 0 Å². The SMILES string of the molecule is C1=CC[C]([Ti][NH]c2ccccc2)=C1.Cl. The summed E-state index contributed by atoms with van der Waals surface area (Å²) in [6.45, 7) is 0. The standard InChI is InChI=1S/C6H6N.C5H5.ClH.Ti/c7-6-4-2-1-3-5-6;1-2-4-5-3-1;;/h1-5,7H;1-3H,4H2;1H;/q-1;;;+1. The van der Waals surface area contributed by atoms with Crippen LogP contribution in [0.4, 0.5) is 5.69 Å². The van der Waals surface area contributed by atoms with Gasteiger partial charge in [0.05, 0.1) is 0 Å². The maximum absolute atomic E-state index is 3.50. The van der Waals surface area contributed by atoms with Gasteiger partial charge in [0.25, 0.3) is 0 Å². The van der Waals surface area contributed by atoms with Gasteiger partial charge in [-0.15, -0.1) is 12.4 Å². The number of allylic oxidation sites excluding steroid dienone is 4. The predicted octanol–water partition coefficient (Wildman–Crippen LogP) is 3.36. The molecule has 1 aliphatic carbocycles. The summed E-state index contributed by atoms with van der Waals surface area (Å²) in [7, 11) is 0. The number of rotatable bonds is 3. The molecule has 1 aromatic carbocycles. The molecule has 0 atom stereocenters. The topological polar surface area (TPSA) is 12.0 Å². The molecule has 0 amide bonds. The van der Waals surface area contributed by atoms with E-state index < -0.39 is 0 Å². The molecule has 3 heteroatoms. The molecule has 0 unspecified atom stereocenters. The van der Waals surface area contributed by atoms with Crippen molar-refractivity contribution < 1.29 is 19.4 Å². The number of hydrogen-bond acceptors (Lipinski definition) is 1. The van der Waals surface area contributed by atoms with Gasteiger partial charge in [0.1, 0.15) is 0 Å². The summed E-state index contributed by atoms with van der Waals surface area (Å²) in [6.07, 6.45) is 7.74. The first kappa shape index (κ1) is 11.6. The Bertz CT molecular complexity index is 332. The average Bonchev–Trinajstić information content (AvgIpc) is 2.69. The molecule has 1 N–H and O–H groups in total. The zero-order valence-electron chi connectivity index (χ0n) is 7.73. The molecule has 0 bridgehead atoms. The summed E-state index contributed by atoms with van der Waals surface area (Å²) >= 11 is -0.140. The van der Waals surface area contributed by atoms with Gasteiger partial charge >= 0.3 is 87.8 Å². The van der Waals surface area contributed by atoms with Gasteiger partial charge in [-0.25, -0.2) is 0 Å². The van der Waals surface area contributed by atoms with Crippen LogP contribution in [-0.2, 0) is 19.4 Å². The number of halogens is 1. The Hall–Kier alpha value is -0.496. The van der Waals surface area contributed by atoms with Crippen LogP contribution in [0.25, 0.3) is 0 Å². The van der Waals surface area contributed by atoms with Crippen LogP contribution in [0, 0.1) is 0 Å². The Morgan fingerprint density at radius 3 is 2.57 bits per heavy atom. The second-order valence-corrected chi connectivity index (χ2v) is 4.72. The van der Waals surface area contributed by atoms with Crippen molar-refractivity contribution in [2.75, 3.05) is 3.80 Å². The Labute approximate surface area is 99.9 Å². The average molecular weight is 242 g/mol. The Morgan fingerprint density at radius 2 is 1.93 bits per heavy atom. The Balaban J connectivity index is 0.000000980. The molecule has 0 saturated carbocycles. The number of benzene rings is 1. The minimum Gasteiger partial charge on any atom is -0.147 e. The van der Waals surface area contributed by atoms with Crippen molar-refractivity contribution >= 4 is 18.1 Å². The van der Waals surface area contributed by atoms with E-state index in [1.54, 1.807) is 3.88 Å². The smallest absolute Gasteiger partial charge is 0.147 e. The monoisotopic (exact) mass is 241 g/mol. The summed E-state index contributed by atoms with van der Waals surface area (Å²) in [4.78, 5) is 0. The van der Waals surface area contributed by atoms with Gasteiger partial charge in [-0.2, -0.15) is 0 Å². The first-order valence-electron chi connectivity index (χ1n) is 4.38. The van der Waals surface area contributed by atoms with Crippen molar-refractivity contribution in [3.05, 3.63) is 52.4 Å². The maximum Gasteiger partial charge on any atom is -0.147 e. The van der Waals surface area contributed by atoms with E-state index in [-0.39, 0.29) is 31.8 Å². The summed E-state index contributed by atoms with van der Waals surface area (Å²) in [5.41, 5.74) is 1.25. The van der Waals surface area contributed by atoms with Crippen molar-refractivity contribution in [1.29, 1.82) is 0 Å². The molecule has 1 aliphatic rings. The summed E-state index contributed by atoms with van der Waals surface area (Å²) < 4.78 is 5.08. The third-order valence-electron chi connectivity index (χ3n) is 1.91. The molecule has 0 fully saturated rings. The predicted molar refractivity (Wildman–Crippen MR) is 59.2 cm³/mol. The van der Waals surface area contributed by atoms with Crippen molar-refractivity contribution in [2.45, 2.75) is 6.42 Å². The van der Waals surface area contributed by atoms with Crippen LogP contribution in [0.3, 0.4) is 0 Å². The molecule has 0 heterocycles. The molecule has 1 nitrogen and oxygen atoms in total. The third-order valence-corrected chi connectivity index (χ3v) is 3.64. The van der Waals surface area contributed by atoms with Crippen LogP contribution in [0.5, 0.6) is 0 Å². The number of nitrogens with one attached hydrogen (secondary N) is 1. The van der Waals surface area contributed by atoms with Gasteiger partial charge in [0.2, 0.25) is 0 Å². The minimum absolute atomic E-state index is 0. The third kappa shape index (κ3) is 3.34. The molecule has 1 aromatic rings. The molecule has 0 radical (unpaired) electrons. The first-order valence-corrected chi connectivity index (χ1v) is 5.94. The van der Waals surface area contributed by atoms with Crippen molar-refractivity contribution in [3.8, 4) is 0 Å². The van der Waals surface area contributed by atoms with Crippen molar-refractivity contribution in [3.63, 3.8) is 0 Å². The van der Waals surface area contributed by atoms with E-state index in [0.717, 1.165) is 6.42 Å². The fourth-order valence-electron chi connectivity index (χ4n) is 1.21. The summed E-state index contributed by atoms with van der Waals surface area (Å²) in [6, 6.07) is 10.4. The van der Waals surface area contributed by atoms with Gasteiger partial charge in [-0.3, -0.25) is 0 Å². The number of para-hydroxylation sites is 1. The molecule has 2 rings (SSSR count). The van der Waals surface area contributed by atoms with Gasteiger partial charge in [0.15, 0.2) is 0 Å². The van der Waals surface area contributed by atoms with E-state index in [1.807, 2.05) is 6.07 Å². The first-order chi connectivity index (χ1) is 6.45. The van der Waals surface area contributed by atoms with Crippen molar-refractivity contribution in [1.82, 2.24) is 0 Å². The molecule has 0 spiro atoms. The zero-order chi connectivity index (χ0) is 8.93. The van der Waals surface area contributed by atoms with E-state index in [4.69, 9.17) is 0 Å². The normalized spacial score (nSPS) is 13.0. The van der Waals surface area contributed by atoms with E-state index in [0.29, 0.717) is 0 Å². The van der Waals surface area contributed by atoms with Gasteiger partial charge < -0.3 is 0 Å². The number of anilines is 1. The Kier molecular flexibility index (Phi) is 5.02. The van der Waals surface area contributed by atoms with Crippen LogP contribution in [-0.4, -0.2) is 0 Å². The fourth-order valence-corrected chi connectivity index (χ4v) is 2.57. The second-order valence-electron chi connectivity index (χ2n) is 2.94. The molecule has 0 aromatic heterocycles. The minimum atomic E-state index is -0.140. The largest absolute Gasteiger partial charge is 0.147 e. The molecule has 0 aliphatic heterocycles. The van der Waals surface area contributed by atoms with Crippen LogP contribution in [0.1, 0.15) is 6.42 Å². The van der Waals surface area contributed by atoms with E-state index in [9.17, 15) is 0 Å². The molecular formula is C11H12ClNTi. The molecule has 14 heavy (non-hydrogen) atoms. The van der Waals surface area contributed by atoms with Crippen LogP contribution < -0.4 is 3.80 Å². The number of hydrogen-bond donors (Lipinski definition) is 1. The Morgan fingerprint density at radius 1 is 1.14 bits per heavy atom. The maximum atomic E-state index is 3.50. The van der Waals surface area contributed by atoms with E-state index in [2.05, 4.69) is 46.3 Å². The summed E-state index contributed by atoms with van der Waals surface area (Å²) in [5.74, 6) is 0. The second kappa shape index (κ2) is 6.08. The van der Waals surface area contributed by atoms with Gasteiger partial charge in [0, 0.05) is 0 Å². The van der Waals surface area contributed by atoms with Gasteiger partial charge in [-0.1, -0.05) is 0 Å². The van der Waals surface area contributed by atoms with E-state index in [1.165, 1.54) is 5.69 Å². The zero-order valence-corrected chi connectivity index (χ0v) is 10.1. The fraction of sp³-hybridized carbons (Fsp3) is 0.0909. The van der Waals surface area contributed by atoms with Gasteiger partial charge in [-0.05, 0) is 0 Å². The van der Waals surface area contributed by atoms with Crippen LogP contribution >= 0.6 is 12.4 Å². The van der Waals surface area contributed by atoms with Crippen molar-refractivity contribution in [2.24, 2.45) is 0 Å². The summed E-state index contributed by atoms with van der Waals surface area (Å²) in [5, 5.41) is 0. The van der Waals surface area contributed by atoms with E-state index >= 15 is 0 Å².